The van der Waals surface area contributed by atoms with Gasteiger partial charge in [0.15, 0.2) is 0 Å². The minimum atomic E-state index is -0.0292. The van der Waals surface area contributed by atoms with Crippen LogP contribution in [0.3, 0.4) is 0 Å². The van der Waals surface area contributed by atoms with Crippen molar-refractivity contribution in [2.45, 2.75) is 40.0 Å². The topological polar surface area (TPSA) is 55.1 Å². The molecule has 1 atom stereocenters. The van der Waals surface area contributed by atoms with Gasteiger partial charge in [0.2, 0.25) is 5.91 Å². The lowest BCUT2D eigenvalue weighted by Gasteiger charge is -2.18. The van der Waals surface area contributed by atoms with Crippen molar-refractivity contribution >= 4 is 5.91 Å². The Morgan fingerprint density at radius 1 is 1.50 bits per heavy atom. The number of hydrogen-bond acceptors (Lipinski definition) is 2. The zero-order valence-corrected chi connectivity index (χ0v) is 8.26. The van der Waals surface area contributed by atoms with Crippen LogP contribution in [0.25, 0.3) is 0 Å². The molecule has 0 saturated carbocycles. The molecule has 1 unspecified atom stereocenters. The molecule has 0 aromatic rings. The van der Waals surface area contributed by atoms with Crippen molar-refractivity contribution in [2.24, 2.45) is 17.7 Å². The van der Waals surface area contributed by atoms with Crippen LogP contribution >= 0.6 is 0 Å². The van der Waals surface area contributed by atoms with E-state index in [9.17, 15) is 4.79 Å². The Kier molecular flexibility index (Phi) is 5.72. The zero-order chi connectivity index (χ0) is 9.56. The van der Waals surface area contributed by atoms with E-state index in [0.717, 1.165) is 19.3 Å². The predicted octanol–water partition coefficient (Wildman–Crippen LogP) is 1.44. The summed E-state index contributed by atoms with van der Waals surface area (Å²) in [7, 11) is 0. The number of rotatable bonds is 5. The molecule has 0 aromatic carbocycles. The highest BCUT2D eigenvalue weighted by Gasteiger charge is 2.19. The highest BCUT2D eigenvalue weighted by Crippen LogP contribution is 2.17. The Balaban J connectivity index is 3.95. The van der Waals surface area contributed by atoms with Crippen LogP contribution in [-0.4, -0.2) is 5.91 Å². The first-order valence-corrected chi connectivity index (χ1v) is 4.63. The van der Waals surface area contributed by atoms with Crippen molar-refractivity contribution in [1.29, 1.82) is 0 Å². The predicted molar refractivity (Wildman–Crippen MR) is 50.2 cm³/mol. The van der Waals surface area contributed by atoms with E-state index in [1.165, 1.54) is 0 Å². The first-order valence-electron chi connectivity index (χ1n) is 4.63. The van der Waals surface area contributed by atoms with Crippen molar-refractivity contribution in [3.05, 3.63) is 0 Å². The van der Waals surface area contributed by atoms with Gasteiger partial charge in [-0.15, -0.1) is 0 Å². The molecule has 12 heavy (non-hydrogen) atoms. The highest BCUT2D eigenvalue weighted by atomic mass is 16.2. The lowest BCUT2D eigenvalue weighted by molar-refractivity contribution is -0.126. The van der Waals surface area contributed by atoms with Gasteiger partial charge in [-0.3, -0.25) is 10.2 Å². The molecule has 0 bridgehead atoms. The number of hydrazine groups is 1. The van der Waals surface area contributed by atoms with Crippen LogP contribution in [0.4, 0.5) is 0 Å². The number of nitrogens with one attached hydrogen (secondary N) is 1. The van der Waals surface area contributed by atoms with E-state index in [1.54, 1.807) is 0 Å². The number of hydrogen-bond donors (Lipinski definition) is 2. The van der Waals surface area contributed by atoms with Crippen LogP contribution in [0.1, 0.15) is 40.0 Å². The summed E-state index contributed by atoms with van der Waals surface area (Å²) in [5.74, 6) is 5.51. The molecule has 1 amide bonds. The first kappa shape index (κ1) is 11.4. The average Bonchev–Trinajstić information content (AvgIpc) is 2.04. The fourth-order valence-corrected chi connectivity index (χ4v) is 1.30. The molecular formula is C9H20N2O. The summed E-state index contributed by atoms with van der Waals surface area (Å²) in [5.41, 5.74) is 2.22. The minimum Gasteiger partial charge on any atom is -0.294 e. The quantitative estimate of drug-likeness (QED) is 0.374. The van der Waals surface area contributed by atoms with E-state index < -0.39 is 0 Å². The third kappa shape index (κ3) is 3.72. The molecule has 0 aliphatic rings. The molecule has 0 fully saturated rings. The van der Waals surface area contributed by atoms with Gasteiger partial charge in [-0.2, -0.15) is 0 Å². The second kappa shape index (κ2) is 6.00. The van der Waals surface area contributed by atoms with Crippen molar-refractivity contribution in [3.8, 4) is 0 Å². The lowest BCUT2D eigenvalue weighted by atomic mass is 9.90. The largest absolute Gasteiger partial charge is 0.294 e. The fraction of sp³-hybridized carbons (Fsp3) is 0.889. The third-order valence-electron chi connectivity index (χ3n) is 2.15. The summed E-state index contributed by atoms with van der Waals surface area (Å²) < 4.78 is 0. The number of carbonyl (C=O) groups excluding carboxylic acids is 1. The van der Waals surface area contributed by atoms with Gasteiger partial charge in [0, 0.05) is 5.92 Å². The minimum absolute atomic E-state index is 0.0292. The molecular weight excluding hydrogens is 152 g/mol. The van der Waals surface area contributed by atoms with Crippen LogP contribution in [0.2, 0.25) is 0 Å². The summed E-state index contributed by atoms with van der Waals surface area (Å²) in [6.45, 7) is 6.23. The van der Waals surface area contributed by atoms with Crippen LogP contribution in [0.15, 0.2) is 0 Å². The Labute approximate surface area is 74.7 Å². The van der Waals surface area contributed by atoms with Crippen LogP contribution in [-0.2, 0) is 4.79 Å². The van der Waals surface area contributed by atoms with E-state index in [2.05, 4.69) is 26.2 Å². The lowest BCUT2D eigenvalue weighted by Crippen LogP contribution is -2.38. The second-order valence-corrected chi connectivity index (χ2v) is 3.50. The monoisotopic (exact) mass is 172 g/mol. The summed E-state index contributed by atoms with van der Waals surface area (Å²) in [5, 5.41) is 0. The molecule has 0 radical (unpaired) electrons. The Morgan fingerprint density at radius 2 is 2.08 bits per heavy atom. The summed E-state index contributed by atoms with van der Waals surface area (Å²) >= 11 is 0. The molecule has 0 aliphatic carbocycles. The maximum absolute atomic E-state index is 11.2. The first-order chi connectivity index (χ1) is 5.63. The van der Waals surface area contributed by atoms with E-state index in [1.807, 2.05) is 0 Å². The van der Waals surface area contributed by atoms with Crippen LogP contribution in [0, 0.1) is 11.8 Å². The molecule has 0 saturated heterocycles. The van der Waals surface area contributed by atoms with Crippen molar-refractivity contribution < 1.29 is 4.79 Å². The number of nitrogens with two attached hydrogens (primary N) is 1. The third-order valence-corrected chi connectivity index (χ3v) is 2.15. The molecule has 72 valence electrons. The Bertz CT molecular complexity index is 134. The highest BCUT2D eigenvalue weighted by molar-refractivity contribution is 5.78. The smallest absolute Gasteiger partial charge is 0.237 e. The molecule has 0 heterocycles. The molecule has 0 aliphatic heterocycles. The van der Waals surface area contributed by atoms with E-state index in [-0.39, 0.29) is 11.8 Å². The van der Waals surface area contributed by atoms with Gasteiger partial charge in [-0.1, -0.05) is 33.6 Å². The summed E-state index contributed by atoms with van der Waals surface area (Å²) in [4.78, 5) is 11.2. The second-order valence-electron chi connectivity index (χ2n) is 3.50. The van der Waals surface area contributed by atoms with Crippen molar-refractivity contribution in [2.75, 3.05) is 0 Å². The maximum atomic E-state index is 11.2. The van der Waals surface area contributed by atoms with Gasteiger partial charge in [0.25, 0.3) is 0 Å². The van der Waals surface area contributed by atoms with Gasteiger partial charge < -0.3 is 0 Å². The number of amides is 1. The molecule has 0 aromatic heterocycles. The van der Waals surface area contributed by atoms with Crippen LogP contribution < -0.4 is 11.3 Å². The summed E-state index contributed by atoms with van der Waals surface area (Å²) in [6, 6.07) is 0. The van der Waals surface area contributed by atoms with E-state index >= 15 is 0 Å². The molecule has 0 spiro atoms. The normalized spacial score (nSPS) is 13.1. The van der Waals surface area contributed by atoms with E-state index in [0.29, 0.717) is 5.92 Å². The maximum Gasteiger partial charge on any atom is 0.237 e. The van der Waals surface area contributed by atoms with Crippen molar-refractivity contribution in [1.82, 2.24) is 5.43 Å². The van der Waals surface area contributed by atoms with Gasteiger partial charge in [0.05, 0.1) is 0 Å². The zero-order valence-electron chi connectivity index (χ0n) is 8.26. The van der Waals surface area contributed by atoms with Gasteiger partial charge in [-0.25, -0.2) is 5.84 Å². The van der Waals surface area contributed by atoms with Gasteiger partial charge in [0.1, 0.15) is 0 Å². The average molecular weight is 172 g/mol. The van der Waals surface area contributed by atoms with Gasteiger partial charge in [-0.05, 0) is 12.3 Å². The molecule has 3 heteroatoms. The summed E-state index contributed by atoms with van der Waals surface area (Å²) in [6.07, 6.45) is 3.16. The number of unbranched alkanes of at least 4 members (excludes halogenated alkanes) is 1. The molecule has 0 rings (SSSR count). The molecule has 3 N–H and O–H groups in total. The fourth-order valence-electron chi connectivity index (χ4n) is 1.30. The Hall–Kier alpha value is -0.570. The standard InChI is InChI=1S/C9H20N2O/c1-4-5-6-8(7(2)3)9(12)11-10/h7-8H,4-6,10H2,1-3H3,(H,11,12). The van der Waals surface area contributed by atoms with Gasteiger partial charge >= 0.3 is 0 Å². The van der Waals surface area contributed by atoms with Crippen molar-refractivity contribution in [3.63, 3.8) is 0 Å². The van der Waals surface area contributed by atoms with E-state index in [4.69, 9.17) is 5.84 Å². The van der Waals surface area contributed by atoms with Crippen LogP contribution in [0.5, 0.6) is 0 Å². The molecule has 3 nitrogen and oxygen atoms in total. The number of carbonyl (C=O) groups is 1. The Morgan fingerprint density at radius 3 is 2.42 bits per heavy atom. The SMILES string of the molecule is CCCCC(C(=O)NN)C(C)C.